The van der Waals surface area contributed by atoms with E-state index >= 15 is 0 Å². The van der Waals surface area contributed by atoms with Crippen molar-refractivity contribution >= 4 is 18.7 Å². The van der Waals surface area contributed by atoms with Crippen LogP contribution in [0.1, 0.15) is 6.42 Å². The third-order valence-corrected chi connectivity index (χ3v) is 5.73. The molecule has 2 unspecified atom stereocenters. The maximum Gasteiger partial charge on any atom is 0.376 e. The summed E-state index contributed by atoms with van der Waals surface area (Å²) in [5, 5.41) is 18.6. The highest BCUT2D eigenvalue weighted by Gasteiger charge is 2.55. The first-order valence-corrected chi connectivity index (χ1v) is 9.85. The summed E-state index contributed by atoms with van der Waals surface area (Å²) in [6, 6.07) is 8.30. The Morgan fingerprint density at radius 3 is 2.79 bits per heavy atom. The molecule has 0 spiro atoms. The van der Waals surface area contributed by atoms with Crippen molar-refractivity contribution in [3.63, 3.8) is 0 Å². The van der Waals surface area contributed by atoms with E-state index in [2.05, 4.69) is 10.2 Å². The summed E-state index contributed by atoms with van der Waals surface area (Å²) in [6.07, 6.45) is -1.07. The van der Waals surface area contributed by atoms with Crippen molar-refractivity contribution in [1.29, 1.82) is 0 Å². The number of methoxy groups -OCH3 is 1. The van der Waals surface area contributed by atoms with Crippen LogP contribution in [-0.2, 0) is 4.74 Å². The molecule has 1 aromatic heterocycles. The van der Waals surface area contributed by atoms with E-state index in [1.54, 1.807) is 42.0 Å². The quantitative estimate of drug-likeness (QED) is 0.544. The van der Waals surface area contributed by atoms with Crippen molar-refractivity contribution in [2.24, 2.45) is 5.92 Å². The average molecular weight is 422 g/mol. The zero-order chi connectivity index (χ0) is 20.5. The van der Waals surface area contributed by atoms with Crippen molar-refractivity contribution in [2.45, 2.75) is 31.6 Å². The van der Waals surface area contributed by atoms with Gasteiger partial charge in [-0.25, -0.2) is 4.39 Å². The van der Waals surface area contributed by atoms with Gasteiger partial charge in [-0.05, 0) is 44.1 Å². The van der Waals surface area contributed by atoms with Gasteiger partial charge in [0.1, 0.15) is 11.9 Å². The van der Waals surface area contributed by atoms with Gasteiger partial charge >= 0.3 is 7.05 Å². The Bertz CT molecular complexity index is 858. The summed E-state index contributed by atoms with van der Waals surface area (Å²) in [6.45, 7) is 2.35. The van der Waals surface area contributed by atoms with E-state index in [-0.39, 0.29) is 24.6 Å². The van der Waals surface area contributed by atoms with Gasteiger partial charge in [0, 0.05) is 35.7 Å². The van der Waals surface area contributed by atoms with Gasteiger partial charge in [-0.2, -0.15) is 0 Å². The molecule has 1 aromatic carbocycles. The summed E-state index contributed by atoms with van der Waals surface area (Å²) in [4.78, 5) is 1.78. The highest BCUT2D eigenvalue weighted by molar-refractivity contribution is 6.45. The van der Waals surface area contributed by atoms with Crippen LogP contribution in [0.5, 0.6) is 11.6 Å². The molecule has 29 heavy (non-hydrogen) atoms. The van der Waals surface area contributed by atoms with E-state index in [1.165, 1.54) is 7.11 Å². The minimum Gasteiger partial charge on any atom is -0.470 e. The molecule has 0 radical (unpaired) electrons. The maximum absolute atomic E-state index is 14.8. The molecule has 4 atom stereocenters. The first-order chi connectivity index (χ1) is 14.0. The predicted octanol–water partition coefficient (Wildman–Crippen LogP) is 2.68. The van der Waals surface area contributed by atoms with Crippen LogP contribution in [0.4, 0.5) is 4.39 Å². The van der Waals surface area contributed by atoms with Crippen LogP contribution in [0.3, 0.4) is 0 Å². The minimum atomic E-state index is -1.17. The Labute approximate surface area is 173 Å². The topological polar surface area (TPSA) is 76.9 Å². The number of hydrogen-bond acceptors (Lipinski definition) is 7. The van der Waals surface area contributed by atoms with Crippen molar-refractivity contribution in [3.8, 4) is 22.9 Å². The fraction of sp³-hybridized carbons (Fsp3) is 0.474. The molecule has 1 N–H and O–H groups in total. The van der Waals surface area contributed by atoms with Crippen molar-refractivity contribution in [3.05, 3.63) is 35.4 Å². The molecule has 1 saturated carbocycles. The second-order valence-electron chi connectivity index (χ2n) is 7.37. The van der Waals surface area contributed by atoms with Gasteiger partial charge in [-0.3, -0.25) is 0 Å². The molecule has 1 aliphatic heterocycles. The third-order valence-electron chi connectivity index (χ3n) is 5.49. The molecule has 7 nitrogen and oxygen atoms in total. The van der Waals surface area contributed by atoms with Crippen LogP contribution in [0.15, 0.2) is 30.3 Å². The van der Waals surface area contributed by atoms with E-state index in [9.17, 15) is 9.41 Å². The van der Waals surface area contributed by atoms with E-state index in [4.69, 9.17) is 25.8 Å². The normalized spacial score (nSPS) is 26.0. The second kappa shape index (κ2) is 8.43. The largest absolute Gasteiger partial charge is 0.470 e. The van der Waals surface area contributed by atoms with E-state index in [0.717, 1.165) is 0 Å². The van der Waals surface area contributed by atoms with Crippen LogP contribution in [-0.4, -0.2) is 65.8 Å². The molecule has 154 valence electrons. The zero-order valence-corrected chi connectivity index (χ0v) is 16.9. The Kier molecular flexibility index (Phi) is 5.92. The van der Waals surface area contributed by atoms with Crippen molar-refractivity contribution in [1.82, 2.24) is 15.0 Å². The minimum absolute atomic E-state index is 0.0244. The molecule has 0 amide bonds. The van der Waals surface area contributed by atoms with Crippen LogP contribution in [0.2, 0.25) is 11.8 Å². The lowest BCUT2D eigenvalue weighted by atomic mass is 9.82. The Hall–Kier alpha value is -1.94. The number of alkyl halides is 1. The second-order valence-corrected chi connectivity index (χ2v) is 7.80. The van der Waals surface area contributed by atoms with Gasteiger partial charge in [-0.1, -0.05) is 11.6 Å². The van der Waals surface area contributed by atoms with Crippen LogP contribution in [0, 0.1) is 5.92 Å². The van der Waals surface area contributed by atoms with Gasteiger partial charge in [-0.15, -0.1) is 10.2 Å². The summed E-state index contributed by atoms with van der Waals surface area (Å²) < 4.78 is 31.1. The van der Waals surface area contributed by atoms with Gasteiger partial charge in [0.25, 0.3) is 0 Å². The molecular formula is C19H22BClFN3O4. The zero-order valence-electron chi connectivity index (χ0n) is 16.2. The Morgan fingerprint density at radius 2 is 2.14 bits per heavy atom. The Morgan fingerprint density at radius 1 is 1.31 bits per heavy atom. The molecule has 4 rings (SSSR count). The van der Waals surface area contributed by atoms with Crippen LogP contribution in [0.25, 0.3) is 11.3 Å². The number of halogens is 2. The number of ether oxygens (including phenoxy) is 3. The number of benzene rings is 1. The lowest BCUT2D eigenvalue weighted by Crippen LogP contribution is -2.53. The summed E-state index contributed by atoms with van der Waals surface area (Å²) in [7, 11) is 0.877. The third kappa shape index (κ3) is 4.05. The summed E-state index contributed by atoms with van der Waals surface area (Å²) in [5.74, 6) is 0.819. The monoisotopic (exact) mass is 421 g/mol. The number of piperidine rings is 1. The number of nitrogens with zero attached hydrogens (tertiary/aromatic N) is 3. The first-order valence-electron chi connectivity index (χ1n) is 9.48. The van der Waals surface area contributed by atoms with Crippen molar-refractivity contribution < 1.29 is 23.6 Å². The average Bonchev–Trinajstić information content (AvgIpc) is 3.27. The molecule has 2 aromatic rings. The van der Waals surface area contributed by atoms with E-state index in [0.29, 0.717) is 35.0 Å². The smallest absolute Gasteiger partial charge is 0.376 e. The highest BCUT2D eigenvalue weighted by atomic mass is 35.5. The molecule has 2 heterocycles. The predicted molar refractivity (Wildman–Crippen MR) is 107 cm³/mol. The van der Waals surface area contributed by atoms with Gasteiger partial charge in [0.15, 0.2) is 13.0 Å². The van der Waals surface area contributed by atoms with E-state index in [1.807, 2.05) is 0 Å². The Balaban J connectivity index is 1.47. The number of rotatable bonds is 7. The number of aromatic nitrogens is 2. The fourth-order valence-electron chi connectivity index (χ4n) is 4.16. The lowest BCUT2D eigenvalue weighted by Gasteiger charge is -2.34. The molecule has 2 fully saturated rings. The van der Waals surface area contributed by atoms with E-state index < -0.39 is 19.3 Å². The van der Waals surface area contributed by atoms with Crippen molar-refractivity contribution in [2.75, 3.05) is 20.4 Å². The van der Waals surface area contributed by atoms with Gasteiger partial charge < -0.3 is 24.0 Å². The molecule has 1 aliphatic carbocycles. The molecule has 1 saturated heterocycles. The number of hydrogen-bond donors (Lipinski definition) is 1. The molecular weight excluding hydrogens is 399 g/mol. The molecule has 2 bridgehead atoms. The highest BCUT2D eigenvalue weighted by Crippen LogP contribution is 2.42. The van der Waals surface area contributed by atoms with Gasteiger partial charge in [0.2, 0.25) is 5.88 Å². The lowest BCUT2D eigenvalue weighted by molar-refractivity contribution is 0.0334. The summed E-state index contributed by atoms with van der Waals surface area (Å²) >= 11 is 6.05. The first kappa shape index (κ1) is 20.3. The standard InChI is InChI=1S/C19H22BClFN3O4/c1-20(26)25-9-11-7-15(25)18(22)19(11)29-17-6-5-14(23-24-17)13-4-3-12(21)8-16(13)28-10-27-2/h3-6,8,11,15,18-19,26H,7,9-10H2,1-2H3/t11?,15?,18-,19+/m1/s1. The maximum atomic E-state index is 14.8. The van der Waals surface area contributed by atoms with Gasteiger partial charge in [0.05, 0.1) is 5.69 Å². The summed E-state index contributed by atoms with van der Waals surface area (Å²) in [5.41, 5.74) is 1.28. The van der Waals surface area contributed by atoms with Crippen LogP contribution < -0.4 is 9.47 Å². The fourth-order valence-corrected chi connectivity index (χ4v) is 4.32. The number of fused-ring (bicyclic) bond motifs is 2. The SMILES string of the molecule is COCOc1cc(Cl)ccc1-c1ccc(O[C@H]2C3CC([C@H]2F)N(B(C)O)C3)nn1. The van der Waals surface area contributed by atoms with Crippen LogP contribution >= 0.6 is 11.6 Å². The molecule has 2 aliphatic rings. The molecule has 10 heteroatoms.